The predicted molar refractivity (Wildman–Crippen MR) is 61.4 cm³/mol. The Morgan fingerprint density at radius 1 is 1.50 bits per heavy atom. The highest BCUT2D eigenvalue weighted by molar-refractivity contribution is 5.91. The number of fused-ring (bicyclic) bond motifs is 3. The van der Waals surface area contributed by atoms with Crippen molar-refractivity contribution in [2.75, 3.05) is 5.73 Å². The third kappa shape index (κ3) is 1.13. The van der Waals surface area contributed by atoms with Crippen molar-refractivity contribution in [1.29, 1.82) is 0 Å². The monoisotopic (exact) mass is 216 g/mol. The van der Waals surface area contributed by atoms with E-state index < -0.39 is 5.97 Å². The number of nitrogen functional groups attached to an aromatic ring is 1. The number of aliphatic carboxylic acids is 1. The standard InChI is InChI=1S/C12H12N2O2/c13-6-1-4-10-9(5-6)7-2-3-8(12(15)16)11(7)14-10/h1,4-5,8,14H,2-3,13H2,(H,15,16). The van der Waals surface area contributed by atoms with Gasteiger partial charge in [-0.2, -0.15) is 0 Å². The van der Waals surface area contributed by atoms with E-state index in [1.807, 2.05) is 18.2 Å². The molecule has 2 aromatic rings. The molecule has 0 bridgehead atoms. The van der Waals surface area contributed by atoms with Crippen LogP contribution in [0.5, 0.6) is 0 Å². The first-order valence-corrected chi connectivity index (χ1v) is 5.29. The molecule has 4 heteroatoms. The lowest BCUT2D eigenvalue weighted by atomic mass is 10.1. The number of carboxylic acids is 1. The molecule has 1 aromatic heterocycles. The molecule has 4 N–H and O–H groups in total. The first-order valence-electron chi connectivity index (χ1n) is 5.29. The average Bonchev–Trinajstić information content (AvgIpc) is 2.76. The second kappa shape index (κ2) is 3.01. The maximum Gasteiger partial charge on any atom is 0.312 e. The Morgan fingerprint density at radius 3 is 3.06 bits per heavy atom. The normalized spacial score (nSPS) is 18.9. The Hall–Kier alpha value is -1.97. The minimum absolute atomic E-state index is 0.386. The van der Waals surface area contributed by atoms with E-state index in [0.29, 0.717) is 12.1 Å². The number of aromatic nitrogens is 1. The molecule has 1 unspecified atom stereocenters. The highest BCUT2D eigenvalue weighted by atomic mass is 16.4. The van der Waals surface area contributed by atoms with Gasteiger partial charge < -0.3 is 15.8 Å². The topological polar surface area (TPSA) is 79.1 Å². The molecule has 4 nitrogen and oxygen atoms in total. The van der Waals surface area contributed by atoms with Crippen LogP contribution in [0.3, 0.4) is 0 Å². The van der Waals surface area contributed by atoms with Gasteiger partial charge in [-0.05, 0) is 36.6 Å². The van der Waals surface area contributed by atoms with E-state index in [9.17, 15) is 4.79 Å². The summed E-state index contributed by atoms with van der Waals surface area (Å²) < 4.78 is 0. The third-order valence-electron chi connectivity index (χ3n) is 3.29. The van der Waals surface area contributed by atoms with Gasteiger partial charge in [0.15, 0.2) is 0 Å². The second-order valence-corrected chi connectivity index (χ2v) is 4.25. The Morgan fingerprint density at radius 2 is 2.31 bits per heavy atom. The number of anilines is 1. The number of rotatable bonds is 1. The number of nitrogens with one attached hydrogen (secondary N) is 1. The van der Waals surface area contributed by atoms with Crippen LogP contribution in [0.25, 0.3) is 10.9 Å². The molecule has 0 fully saturated rings. The molecule has 0 saturated heterocycles. The molecule has 82 valence electrons. The Labute approximate surface area is 92.1 Å². The molecular weight excluding hydrogens is 204 g/mol. The summed E-state index contributed by atoms with van der Waals surface area (Å²) in [4.78, 5) is 14.3. The van der Waals surface area contributed by atoms with Crippen molar-refractivity contribution in [2.24, 2.45) is 0 Å². The van der Waals surface area contributed by atoms with Gasteiger partial charge in [-0.3, -0.25) is 4.79 Å². The number of aromatic amines is 1. The lowest BCUT2D eigenvalue weighted by molar-refractivity contribution is -0.138. The summed E-state index contributed by atoms with van der Waals surface area (Å²) in [7, 11) is 0. The number of hydrogen-bond acceptors (Lipinski definition) is 2. The minimum atomic E-state index is -0.752. The van der Waals surface area contributed by atoms with Crippen LogP contribution in [-0.2, 0) is 11.2 Å². The van der Waals surface area contributed by atoms with Crippen molar-refractivity contribution in [3.8, 4) is 0 Å². The summed E-state index contributed by atoms with van der Waals surface area (Å²) in [5.74, 6) is -1.14. The lowest BCUT2D eigenvalue weighted by Crippen LogP contribution is -2.08. The van der Waals surface area contributed by atoms with Crippen LogP contribution < -0.4 is 5.73 Å². The van der Waals surface area contributed by atoms with E-state index in [4.69, 9.17) is 10.8 Å². The highest BCUT2D eigenvalue weighted by Crippen LogP contribution is 2.38. The number of benzene rings is 1. The first kappa shape index (κ1) is 9.27. The molecule has 1 aliphatic rings. The minimum Gasteiger partial charge on any atom is -0.481 e. The average molecular weight is 216 g/mol. The van der Waals surface area contributed by atoms with Gasteiger partial charge in [0, 0.05) is 22.3 Å². The summed E-state index contributed by atoms with van der Waals surface area (Å²) in [6.45, 7) is 0. The van der Waals surface area contributed by atoms with Crippen molar-refractivity contribution in [1.82, 2.24) is 4.98 Å². The molecule has 0 aliphatic heterocycles. The quantitative estimate of drug-likeness (QED) is 0.636. The third-order valence-corrected chi connectivity index (χ3v) is 3.29. The number of H-pyrrole nitrogens is 1. The molecule has 1 atom stereocenters. The number of aryl methyl sites for hydroxylation is 1. The number of carbonyl (C=O) groups is 1. The van der Waals surface area contributed by atoms with Gasteiger partial charge in [-0.15, -0.1) is 0 Å². The molecule has 1 heterocycles. The lowest BCUT2D eigenvalue weighted by Gasteiger charge is -2.01. The number of hydrogen-bond donors (Lipinski definition) is 3. The van der Waals surface area contributed by atoms with E-state index in [0.717, 1.165) is 28.6 Å². The molecule has 16 heavy (non-hydrogen) atoms. The summed E-state index contributed by atoms with van der Waals surface area (Å²) in [6, 6.07) is 5.64. The van der Waals surface area contributed by atoms with Crippen LogP contribution in [0.4, 0.5) is 5.69 Å². The van der Waals surface area contributed by atoms with Gasteiger partial charge in [-0.25, -0.2) is 0 Å². The van der Waals surface area contributed by atoms with E-state index in [1.54, 1.807) is 0 Å². The molecule has 0 saturated carbocycles. The maximum absolute atomic E-state index is 11.1. The van der Waals surface area contributed by atoms with Crippen molar-refractivity contribution < 1.29 is 9.90 Å². The molecular formula is C12H12N2O2. The molecule has 0 spiro atoms. The van der Waals surface area contributed by atoms with Crippen molar-refractivity contribution >= 4 is 22.6 Å². The summed E-state index contributed by atoms with van der Waals surface area (Å²) in [5, 5.41) is 10.2. The molecule has 3 rings (SSSR count). The van der Waals surface area contributed by atoms with Crippen molar-refractivity contribution in [3.63, 3.8) is 0 Å². The van der Waals surface area contributed by atoms with E-state index >= 15 is 0 Å². The van der Waals surface area contributed by atoms with Crippen LogP contribution >= 0.6 is 0 Å². The number of nitrogens with two attached hydrogens (primary N) is 1. The van der Waals surface area contributed by atoms with Gasteiger partial charge in [0.2, 0.25) is 0 Å². The number of carboxylic acid groups (broad SMARTS) is 1. The van der Waals surface area contributed by atoms with Crippen LogP contribution in [0.1, 0.15) is 23.6 Å². The zero-order valence-electron chi connectivity index (χ0n) is 8.66. The second-order valence-electron chi connectivity index (χ2n) is 4.25. The molecule has 1 aromatic carbocycles. The van der Waals surface area contributed by atoms with Gasteiger partial charge in [-0.1, -0.05) is 0 Å². The van der Waals surface area contributed by atoms with Crippen molar-refractivity contribution in [3.05, 3.63) is 29.5 Å². The van der Waals surface area contributed by atoms with Gasteiger partial charge in [0.1, 0.15) is 0 Å². The fraction of sp³-hybridized carbons (Fsp3) is 0.250. The van der Waals surface area contributed by atoms with Gasteiger partial charge in [0.25, 0.3) is 0 Å². The zero-order chi connectivity index (χ0) is 11.3. The van der Waals surface area contributed by atoms with Gasteiger partial charge in [0.05, 0.1) is 5.92 Å². The SMILES string of the molecule is Nc1ccc2[nH]c3c(c2c1)CCC3C(=O)O. The van der Waals surface area contributed by atoms with Crippen LogP contribution in [0.15, 0.2) is 18.2 Å². The summed E-state index contributed by atoms with van der Waals surface area (Å²) >= 11 is 0. The van der Waals surface area contributed by atoms with E-state index in [-0.39, 0.29) is 5.92 Å². The van der Waals surface area contributed by atoms with Crippen LogP contribution in [-0.4, -0.2) is 16.1 Å². The fourth-order valence-electron chi connectivity index (χ4n) is 2.53. The highest BCUT2D eigenvalue weighted by Gasteiger charge is 2.31. The zero-order valence-corrected chi connectivity index (χ0v) is 8.66. The first-order chi connectivity index (χ1) is 7.66. The van der Waals surface area contributed by atoms with E-state index in [1.165, 1.54) is 0 Å². The Kier molecular flexibility index (Phi) is 1.74. The fourth-order valence-corrected chi connectivity index (χ4v) is 2.53. The van der Waals surface area contributed by atoms with Crippen molar-refractivity contribution in [2.45, 2.75) is 18.8 Å². The molecule has 0 amide bonds. The molecule has 0 radical (unpaired) electrons. The molecule has 1 aliphatic carbocycles. The summed E-state index contributed by atoms with van der Waals surface area (Å²) in [6.07, 6.45) is 1.50. The Bertz CT molecular complexity index is 586. The van der Waals surface area contributed by atoms with Crippen LogP contribution in [0.2, 0.25) is 0 Å². The Balaban J connectivity index is 2.25. The van der Waals surface area contributed by atoms with Crippen LogP contribution in [0, 0.1) is 0 Å². The summed E-state index contributed by atoms with van der Waals surface area (Å²) in [5.41, 5.74) is 9.41. The smallest absolute Gasteiger partial charge is 0.312 e. The predicted octanol–water partition coefficient (Wildman–Crippen LogP) is 1.86. The van der Waals surface area contributed by atoms with E-state index in [2.05, 4.69) is 4.98 Å². The van der Waals surface area contributed by atoms with Gasteiger partial charge >= 0.3 is 5.97 Å². The maximum atomic E-state index is 11.1. The largest absolute Gasteiger partial charge is 0.481 e.